The Balaban J connectivity index is 3.78. The summed E-state index contributed by atoms with van der Waals surface area (Å²) in [6.07, 6.45) is 0.602. The number of aliphatic hydroxyl groups excluding tert-OH is 2. The number of nitrogens with one attached hydrogen (secondary N) is 3. The van der Waals surface area contributed by atoms with Gasteiger partial charge in [0, 0.05) is 39.0 Å². The fraction of sp³-hybridized carbons (Fsp3) is 0.842. The van der Waals surface area contributed by atoms with Gasteiger partial charge < -0.3 is 31.9 Å². The molecule has 9 heteroatoms. The zero-order valence-electron chi connectivity index (χ0n) is 17.2. The molecule has 164 valence electrons. The largest absolute Gasteiger partial charge is 0.393 e. The smallest absolute Gasteiger partial charge is 0.222 e. The van der Waals surface area contributed by atoms with Gasteiger partial charge in [0.1, 0.15) is 0 Å². The third kappa shape index (κ3) is 16.5. The van der Waals surface area contributed by atoms with Gasteiger partial charge in [0.25, 0.3) is 0 Å². The van der Waals surface area contributed by atoms with Crippen LogP contribution in [0.15, 0.2) is 0 Å². The van der Waals surface area contributed by atoms with Crippen molar-refractivity contribution in [2.24, 2.45) is 11.7 Å². The van der Waals surface area contributed by atoms with E-state index in [-0.39, 0.29) is 56.4 Å². The topological polar surface area (TPSA) is 154 Å². The van der Waals surface area contributed by atoms with Crippen LogP contribution >= 0.6 is 0 Å². The Labute approximate surface area is 167 Å². The second-order valence-electron chi connectivity index (χ2n) is 7.41. The Kier molecular flexibility index (Phi) is 15.3. The highest BCUT2D eigenvalue weighted by atomic mass is 16.3. The molecule has 0 aromatic rings. The van der Waals surface area contributed by atoms with Crippen molar-refractivity contribution in [2.75, 3.05) is 26.2 Å². The van der Waals surface area contributed by atoms with E-state index >= 15 is 0 Å². The lowest BCUT2D eigenvalue weighted by atomic mass is 10.1. The monoisotopic (exact) mass is 402 g/mol. The summed E-state index contributed by atoms with van der Waals surface area (Å²) in [4.78, 5) is 34.7. The average molecular weight is 403 g/mol. The Morgan fingerprint density at radius 1 is 0.821 bits per heavy atom. The molecule has 0 fully saturated rings. The molecule has 3 amide bonds. The van der Waals surface area contributed by atoms with Gasteiger partial charge in [-0.15, -0.1) is 0 Å². The summed E-state index contributed by atoms with van der Waals surface area (Å²) in [5.41, 5.74) is 5.27. The maximum absolute atomic E-state index is 11.7. The fourth-order valence-electron chi connectivity index (χ4n) is 2.53. The number of hydrogen-bond acceptors (Lipinski definition) is 6. The second-order valence-corrected chi connectivity index (χ2v) is 7.41. The van der Waals surface area contributed by atoms with E-state index in [4.69, 9.17) is 5.73 Å². The lowest BCUT2D eigenvalue weighted by molar-refractivity contribution is -0.126. The fourth-order valence-corrected chi connectivity index (χ4v) is 2.53. The third-order valence-corrected chi connectivity index (χ3v) is 4.09. The van der Waals surface area contributed by atoms with Crippen molar-refractivity contribution >= 4 is 17.7 Å². The predicted octanol–water partition coefficient (Wildman–Crippen LogP) is -0.598. The first-order valence-corrected chi connectivity index (χ1v) is 10.1. The zero-order valence-corrected chi connectivity index (χ0v) is 17.2. The van der Waals surface area contributed by atoms with Crippen LogP contribution in [0.3, 0.4) is 0 Å². The van der Waals surface area contributed by atoms with Crippen molar-refractivity contribution in [3.63, 3.8) is 0 Å². The van der Waals surface area contributed by atoms with Crippen molar-refractivity contribution in [3.8, 4) is 0 Å². The summed E-state index contributed by atoms with van der Waals surface area (Å²) >= 11 is 0. The van der Waals surface area contributed by atoms with Gasteiger partial charge in [0.2, 0.25) is 17.7 Å². The first-order valence-electron chi connectivity index (χ1n) is 10.1. The normalized spacial score (nSPS) is 13.1. The van der Waals surface area contributed by atoms with Crippen LogP contribution in [0.2, 0.25) is 0 Å². The first-order chi connectivity index (χ1) is 13.2. The number of nitrogens with two attached hydrogens (primary N) is 1. The highest BCUT2D eigenvalue weighted by molar-refractivity contribution is 5.83. The molecule has 9 nitrogen and oxygen atoms in total. The van der Waals surface area contributed by atoms with E-state index in [1.165, 1.54) is 0 Å². The molecule has 2 atom stereocenters. The van der Waals surface area contributed by atoms with Crippen molar-refractivity contribution in [3.05, 3.63) is 0 Å². The maximum Gasteiger partial charge on any atom is 0.222 e. The van der Waals surface area contributed by atoms with Crippen molar-refractivity contribution in [2.45, 2.75) is 71.0 Å². The second kappa shape index (κ2) is 16.3. The molecule has 0 unspecified atom stereocenters. The number of aliphatic hydroxyl groups is 2. The van der Waals surface area contributed by atoms with Gasteiger partial charge in [0.05, 0.1) is 18.6 Å². The molecule has 0 radical (unpaired) electrons. The van der Waals surface area contributed by atoms with Crippen LogP contribution in [-0.4, -0.2) is 66.3 Å². The molecule has 0 saturated heterocycles. The van der Waals surface area contributed by atoms with Gasteiger partial charge in [-0.25, -0.2) is 0 Å². The molecular formula is C19H38N4O5. The Hall–Kier alpha value is -1.71. The summed E-state index contributed by atoms with van der Waals surface area (Å²) in [6, 6.07) is 0. The average Bonchev–Trinajstić information content (AvgIpc) is 2.61. The molecule has 7 N–H and O–H groups in total. The van der Waals surface area contributed by atoms with E-state index in [1.807, 2.05) is 0 Å². The summed E-state index contributed by atoms with van der Waals surface area (Å²) in [6.45, 7) is 5.79. The molecule has 0 aliphatic heterocycles. The summed E-state index contributed by atoms with van der Waals surface area (Å²) in [7, 11) is 0. The van der Waals surface area contributed by atoms with Gasteiger partial charge in [-0.05, 0) is 31.6 Å². The SMILES string of the molecule is CC(C)CCCNC(=O)C[C@H](O)C[C@H](O)CCNC(=O)CCC(=O)NCCN. The van der Waals surface area contributed by atoms with Crippen molar-refractivity contribution in [1.82, 2.24) is 16.0 Å². The van der Waals surface area contributed by atoms with Gasteiger partial charge in [-0.2, -0.15) is 0 Å². The number of carbonyl (C=O) groups excluding carboxylic acids is 3. The number of rotatable bonds is 16. The lowest BCUT2D eigenvalue weighted by Crippen LogP contribution is -2.32. The van der Waals surface area contributed by atoms with Crippen LogP contribution < -0.4 is 21.7 Å². The van der Waals surface area contributed by atoms with Crippen LogP contribution in [0.1, 0.15) is 58.8 Å². The Morgan fingerprint density at radius 2 is 1.39 bits per heavy atom. The zero-order chi connectivity index (χ0) is 21.4. The van der Waals surface area contributed by atoms with Gasteiger partial charge in [-0.1, -0.05) is 13.8 Å². The summed E-state index contributed by atoms with van der Waals surface area (Å²) in [5.74, 6) is -0.154. The summed E-state index contributed by atoms with van der Waals surface area (Å²) in [5, 5.41) is 27.8. The molecule has 0 spiro atoms. The standard InChI is InChI=1S/C19H38N4O5/c1-14(2)4-3-9-21-19(28)13-16(25)12-15(24)7-10-22-17(26)5-6-18(27)23-11-8-20/h14-16,24-25H,3-13,20H2,1-2H3,(H,21,28)(H,22,26)(H,23,27)/t15-,16-/m1/s1. The van der Waals surface area contributed by atoms with E-state index in [0.717, 1.165) is 12.8 Å². The Bertz CT molecular complexity index is 460. The molecule has 0 bridgehead atoms. The number of carbonyl (C=O) groups is 3. The molecular weight excluding hydrogens is 364 g/mol. The predicted molar refractivity (Wildman–Crippen MR) is 107 cm³/mol. The summed E-state index contributed by atoms with van der Waals surface area (Å²) < 4.78 is 0. The van der Waals surface area contributed by atoms with E-state index in [2.05, 4.69) is 29.8 Å². The molecule has 0 rings (SSSR count). The molecule has 28 heavy (non-hydrogen) atoms. The highest BCUT2D eigenvalue weighted by Crippen LogP contribution is 2.06. The number of hydrogen-bond donors (Lipinski definition) is 6. The molecule has 0 saturated carbocycles. The first kappa shape index (κ1) is 26.3. The molecule has 0 aromatic heterocycles. The van der Waals surface area contributed by atoms with Crippen LogP contribution in [-0.2, 0) is 14.4 Å². The quantitative estimate of drug-likeness (QED) is 0.190. The van der Waals surface area contributed by atoms with E-state index in [9.17, 15) is 24.6 Å². The minimum absolute atomic E-state index is 0.0526. The molecule has 0 aliphatic rings. The minimum Gasteiger partial charge on any atom is -0.393 e. The van der Waals surface area contributed by atoms with Gasteiger partial charge in [-0.3, -0.25) is 14.4 Å². The maximum atomic E-state index is 11.7. The van der Waals surface area contributed by atoms with Crippen molar-refractivity contribution in [1.29, 1.82) is 0 Å². The van der Waals surface area contributed by atoms with Gasteiger partial charge in [0.15, 0.2) is 0 Å². The van der Waals surface area contributed by atoms with E-state index in [1.54, 1.807) is 0 Å². The minimum atomic E-state index is -0.929. The Morgan fingerprint density at radius 3 is 1.96 bits per heavy atom. The van der Waals surface area contributed by atoms with Crippen molar-refractivity contribution < 1.29 is 24.6 Å². The molecule has 0 heterocycles. The molecule has 0 aliphatic carbocycles. The van der Waals surface area contributed by atoms with Crippen LogP contribution in [0.4, 0.5) is 0 Å². The number of amides is 3. The van der Waals surface area contributed by atoms with Crippen LogP contribution in [0, 0.1) is 5.92 Å². The molecule has 0 aromatic carbocycles. The highest BCUT2D eigenvalue weighted by Gasteiger charge is 2.16. The van der Waals surface area contributed by atoms with E-state index in [0.29, 0.717) is 25.6 Å². The van der Waals surface area contributed by atoms with Crippen LogP contribution in [0.25, 0.3) is 0 Å². The van der Waals surface area contributed by atoms with Gasteiger partial charge >= 0.3 is 0 Å². The van der Waals surface area contributed by atoms with E-state index < -0.39 is 12.2 Å². The third-order valence-electron chi connectivity index (χ3n) is 4.09. The lowest BCUT2D eigenvalue weighted by Gasteiger charge is -2.16. The van der Waals surface area contributed by atoms with Crippen LogP contribution in [0.5, 0.6) is 0 Å².